The Labute approximate surface area is 154 Å². The summed E-state index contributed by atoms with van der Waals surface area (Å²) in [4.78, 5) is 25.9. The first-order valence-electron chi connectivity index (χ1n) is 8.54. The van der Waals surface area contributed by atoms with E-state index in [0.717, 1.165) is 11.0 Å². The van der Waals surface area contributed by atoms with Gasteiger partial charge in [0.1, 0.15) is 0 Å². The Bertz CT molecular complexity index is 849. The maximum atomic E-state index is 13.6. The molecule has 0 N–H and O–H groups in total. The fourth-order valence-electron chi connectivity index (χ4n) is 3.31. The second kappa shape index (κ2) is 7.42. The fraction of sp³-hybridized carbons (Fsp3) is 0.300. The number of rotatable bonds is 5. The van der Waals surface area contributed by atoms with E-state index in [-0.39, 0.29) is 30.8 Å². The van der Waals surface area contributed by atoms with Gasteiger partial charge in [-0.15, -0.1) is 0 Å². The zero-order valence-corrected chi connectivity index (χ0v) is 14.6. The lowest BCUT2D eigenvalue weighted by Crippen LogP contribution is -2.30. The highest BCUT2D eigenvalue weighted by molar-refractivity contribution is 6.07. The SMILES string of the molecule is CCOC(=O)CC1C(=O)N(Cc2ccccc2)c2c1cccc2C(F)(F)F. The molecular formula is C20H18F3NO3. The van der Waals surface area contributed by atoms with Crippen molar-refractivity contribution in [2.24, 2.45) is 0 Å². The van der Waals surface area contributed by atoms with Gasteiger partial charge in [-0.1, -0.05) is 42.5 Å². The first kappa shape index (κ1) is 18.9. The van der Waals surface area contributed by atoms with Crippen LogP contribution in [0.1, 0.15) is 36.0 Å². The number of esters is 1. The molecule has 7 heteroatoms. The van der Waals surface area contributed by atoms with E-state index >= 15 is 0 Å². The van der Waals surface area contributed by atoms with Gasteiger partial charge in [-0.2, -0.15) is 13.2 Å². The molecule has 4 nitrogen and oxygen atoms in total. The second-order valence-corrected chi connectivity index (χ2v) is 6.21. The van der Waals surface area contributed by atoms with Gasteiger partial charge < -0.3 is 9.64 Å². The van der Waals surface area contributed by atoms with Crippen LogP contribution in [0.15, 0.2) is 48.5 Å². The van der Waals surface area contributed by atoms with E-state index in [1.165, 1.54) is 12.1 Å². The van der Waals surface area contributed by atoms with Crippen LogP contribution in [0.2, 0.25) is 0 Å². The molecule has 1 atom stereocenters. The van der Waals surface area contributed by atoms with Gasteiger partial charge in [-0.3, -0.25) is 9.59 Å². The second-order valence-electron chi connectivity index (χ2n) is 6.21. The van der Waals surface area contributed by atoms with Crippen molar-refractivity contribution in [1.82, 2.24) is 0 Å². The van der Waals surface area contributed by atoms with E-state index in [0.29, 0.717) is 5.56 Å². The molecule has 1 unspecified atom stereocenters. The van der Waals surface area contributed by atoms with Crippen molar-refractivity contribution >= 4 is 17.6 Å². The monoisotopic (exact) mass is 377 g/mol. The standard InChI is InChI=1S/C20H18F3NO3/c1-2-27-17(25)11-15-14-9-6-10-16(20(21,22)23)18(14)24(19(15)26)12-13-7-4-3-5-8-13/h3-10,15H,2,11-12H2,1H3. The summed E-state index contributed by atoms with van der Waals surface area (Å²) in [5.74, 6) is -2.12. The van der Waals surface area contributed by atoms with Gasteiger partial charge in [0.25, 0.3) is 0 Å². The molecule has 3 rings (SSSR count). The summed E-state index contributed by atoms with van der Waals surface area (Å²) in [6.07, 6.45) is -4.90. The van der Waals surface area contributed by atoms with Gasteiger partial charge in [0.2, 0.25) is 5.91 Å². The summed E-state index contributed by atoms with van der Waals surface area (Å²) in [6.45, 7) is 1.77. The van der Waals surface area contributed by atoms with E-state index in [1.807, 2.05) is 0 Å². The average molecular weight is 377 g/mol. The van der Waals surface area contributed by atoms with E-state index in [9.17, 15) is 22.8 Å². The molecule has 0 aliphatic carbocycles. The minimum atomic E-state index is -4.61. The third-order valence-electron chi connectivity index (χ3n) is 4.44. The Hall–Kier alpha value is -2.83. The molecule has 142 valence electrons. The number of para-hydroxylation sites is 1. The minimum absolute atomic E-state index is 0.000901. The lowest BCUT2D eigenvalue weighted by atomic mass is 9.95. The number of hydrogen-bond donors (Lipinski definition) is 0. The number of anilines is 1. The van der Waals surface area contributed by atoms with Crippen molar-refractivity contribution in [2.75, 3.05) is 11.5 Å². The lowest BCUT2D eigenvalue weighted by Gasteiger charge is -2.22. The molecule has 2 aromatic carbocycles. The van der Waals surface area contributed by atoms with Crippen molar-refractivity contribution in [3.63, 3.8) is 0 Å². The number of hydrogen-bond acceptors (Lipinski definition) is 3. The zero-order valence-electron chi connectivity index (χ0n) is 14.6. The Balaban J connectivity index is 2.05. The summed E-state index contributed by atoms with van der Waals surface area (Å²) < 4.78 is 45.6. The van der Waals surface area contributed by atoms with Gasteiger partial charge in [-0.05, 0) is 24.1 Å². The molecule has 0 aromatic heterocycles. The number of nitrogens with zero attached hydrogens (tertiary/aromatic N) is 1. The molecule has 1 aliphatic heterocycles. The molecule has 2 aromatic rings. The number of alkyl halides is 3. The van der Waals surface area contributed by atoms with Crippen molar-refractivity contribution < 1.29 is 27.5 Å². The first-order valence-corrected chi connectivity index (χ1v) is 8.54. The zero-order chi connectivity index (χ0) is 19.6. The van der Waals surface area contributed by atoms with E-state index in [1.54, 1.807) is 37.3 Å². The summed E-state index contributed by atoms with van der Waals surface area (Å²) >= 11 is 0. The number of halogens is 3. The number of benzene rings is 2. The van der Waals surface area contributed by atoms with Crippen LogP contribution in [0, 0.1) is 0 Å². The van der Waals surface area contributed by atoms with Crippen LogP contribution < -0.4 is 4.90 Å². The molecule has 27 heavy (non-hydrogen) atoms. The van der Waals surface area contributed by atoms with Crippen molar-refractivity contribution in [2.45, 2.75) is 32.0 Å². The van der Waals surface area contributed by atoms with Crippen LogP contribution >= 0.6 is 0 Å². The normalized spacial score (nSPS) is 16.4. The van der Waals surface area contributed by atoms with E-state index in [2.05, 4.69) is 0 Å². The number of carbonyl (C=O) groups is 2. The van der Waals surface area contributed by atoms with E-state index in [4.69, 9.17) is 4.74 Å². The topological polar surface area (TPSA) is 46.6 Å². The number of amides is 1. The van der Waals surface area contributed by atoms with Crippen LogP contribution in [0.4, 0.5) is 18.9 Å². The molecule has 0 saturated carbocycles. The van der Waals surface area contributed by atoms with Crippen molar-refractivity contribution in [3.05, 3.63) is 65.2 Å². The van der Waals surface area contributed by atoms with Crippen molar-refractivity contribution in [1.29, 1.82) is 0 Å². The molecule has 0 radical (unpaired) electrons. The number of ether oxygens (including phenoxy) is 1. The van der Waals surface area contributed by atoms with Crippen molar-refractivity contribution in [3.8, 4) is 0 Å². The molecule has 0 fully saturated rings. The predicted molar refractivity (Wildman–Crippen MR) is 93.1 cm³/mol. The predicted octanol–water partition coefficient (Wildman–Crippen LogP) is 4.29. The Morgan fingerprint density at radius 2 is 1.81 bits per heavy atom. The summed E-state index contributed by atoms with van der Waals surface area (Å²) in [6, 6.07) is 12.5. The van der Waals surface area contributed by atoms with Gasteiger partial charge >= 0.3 is 12.1 Å². The Morgan fingerprint density at radius 3 is 2.44 bits per heavy atom. The van der Waals surface area contributed by atoms with Crippen LogP contribution in [0.25, 0.3) is 0 Å². The van der Waals surface area contributed by atoms with Crippen LogP contribution in [0.3, 0.4) is 0 Å². The maximum absolute atomic E-state index is 13.6. The smallest absolute Gasteiger partial charge is 0.418 e. The Kier molecular flexibility index (Phi) is 5.21. The first-order chi connectivity index (χ1) is 12.8. The summed E-state index contributed by atoms with van der Waals surface area (Å²) in [5, 5.41) is 0. The largest absolute Gasteiger partial charge is 0.466 e. The minimum Gasteiger partial charge on any atom is -0.466 e. The molecule has 0 saturated heterocycles. The molecule has 1 aliphatic rings. The van der Waals surface area contributed by atoms with Crippen LogP contribution in [0.5, 0.6) is 0 Å². The van der Waals surface area contributed by atoms with Gasteiger partial charge in [0.15, 0.2) is 0 Å². The highest BCUT2D eigenvalue weighted by atomic mass is 19.4. The molecule has 1 amide bonds. The molecule has 0 bridgehead atoms. The summed E-state index contributed by atoms with van der Waals surface area (Å²) in [7, 11) is 0. The highest BCUT2D eigenvalue weighted by Crippen LogP contribution is 2.47. The highest BCUT2D eigenvalue weighted by Gasteiger charge is 2.45. The fourth-order valence-corrected chi connectivity index (χ4v) is 3.31. The Morgan fingerprint density at radius 1 is 1.11 bits per heavy atom. The summed E-state index contributed by atoms with van der Waals surface area (Å²) in [5.41, 5.74) is -0.145. The van der Waals surface area contributed by atoms with Gasteiger partial charge in [-0.25, -0.2) is 0 Å². The molecule has 1 heterocycles. The number of fused-ring (bicyclic) bond motifs is 1. The van der Waals surface area contributed by atoms with Crippen LogP contribution in [-0.4, -0.2) is 18.5 Å². The maximum Gasteiger partial charge on any atom is 0.418 e. The van der Waals surface area contributed by atoms with E-state index < -0.39 is 29.5 Å². The third kappa shape index (κ3) is 3.82. The van der Waals surface area contributed by atoms with Gasteiger partial charge in [0, 0.05) is 0 Å². The van der Waals surface area contributed by atoms with Gasteiger partial charge in [0.05, 0.1) is 36.7 Å². The molecule has 0 spiro atoms. The third-order valence-corrected chi connectivity index (χ3v) is 4.44. The molecular weight excluding hydrogens is 359 g/mol. The van der Waals surface area contributed by atoms with Crippen LogP contribution in [-0.2, 0) is 27.0 Å². The lowest BCUT2D eigenvalue weighted by molar-refractivity contribution is -0.144. The number of carbonyl (C=O) groups excluding carboxylic acids is 2. The quantitative estimate of drug-likeness (QED) is 0.731. The average Bonchev–Trinajstić information content (AvgIpc) is 2.88.